The summed E-state index contributed by atoms with van der Waals surface area (Å²) in [5.41, 5.74) is 1.46. The lowest BCUT2D eigenvalue weighted by Gasteiger charge is -2.34. The molecule has 1 fully saturated rings. The fourth-order valence-electron chi connectivity index (χ4n) is 3.06. The second-order valence-corrected chi connectivity index (χ2v) is 6.79. The third kappa shape index (κ3) is 7.52. The molecular formula is C19H26F3IN6O2. The average Bonchev–Trinajstić information content (AvgIpc) is 3.16. The van der Waals surface area contributed by atoms with Crippen molar-refractivity contribution in [3.05, 3.63) is 41.9 Å². The normalized spacial score (nSPS) is 17.3. The maximum Gasteiger partial charge on any atom is 0.422 e. The molecule has 2 aromatic rings. The van der Waals surface area contributed by atoms with Crippen molar-refractivity contribution in [2.45, 2.75) is 25.7 Å². The van der Waals surface area contributed by atoms with Gasteiger partial charge in [0.25, 0.3) is 0 Å². The Balaban J connectivity index is 0.00000341. The summed E-state index contributed by atoms with van der Waals surface area (Å²) in [7, 11) is 1.85. The number of hydrogen-bond donors (Lipinski definition) is 1. The number of alkyl halides is 3. The summed E-state index contributed by atoms with van der Waals surface area (Å²) >= 11 is 0. The zero-order valence-corrected chi connectivity index (χ0v) is 19.6. The van der Waals surface area contributed by atoms with E-state index in [9.17, 15) is 13.2 Å². The molecule has 0 aliphatic carbocycles. The Morgan fingerprint density at radius 2 is 2.23 bits per heavy atom. The number of nitrogens with zero attached hydrogens (tertiary/aromatic N) is 5. The molecule has 0 radical (unpaired) electrons. The predicted octanol–water partition coefficient (Wildman–Crippen LogP) is 2.91. The van der Waals surface area contributed by atoms with Crippen molar-refractivity contribution in [2.75, 3.05) is 32.8 Å². The van der Waals surface area contributed by atoms with E-state index < -0.39 is 12.8 Å². The molecule has 2 aromatic heterocycles. The zero-order chi connectivity index (χ0) is 21.6. The van der Waals surface area contributed by atoms with Crippen molar-refractivity contribution in [3.63, 3.8) is 0 Å². The monoisotopic (exact) mass is 554 g/mol. The Bertz CT molecular complexity index is 861. The predicted molar refractivity (Wildman–Crippen MR) is 119 cm³/mol. The molecular weight excluding hydrogens is 528 g/mol. The van der Waals surface area contributed by atoms with Crippen molar-refractivity contribution in [2.24, 2.45) is 12.0 Å². The van der Waals surface area contributed by atoms with Crippen LogP contribution in [0.3, 0.4) is 0 Å². The van der Waals surface area contributed by atoms with Crippen molar-refractivity contribution >= 4 is 29.9 Å². The van der Waals surface area contributed by atoms with Gasteiger partial charge in [-0.2, -0.15) is 18.3 Å². The van der Waals surface area contributed by atoms with Crippen LogP contribution >= 0.6 is 24.0 Å². The average molecular weight is 554 g/mol. The second-order valence-electron chi connectivity index (χ2n) is 6.79. The van der Waals surface area contributed by atoms with E-state index in [1.165, 1.54) is 6.20 Å². The van der Waals surface area contributed by atoms with Gasteiger partial charge in [0.2, 0.25) is 5.88 Å². The molecule has 1 aliphatic rings. The van der Waals surface area contributed by atoms with Crippen LogP contribution in [0.25, 0.3) is 0 Å². The second kappa shape index (κ2) is 11.5. The lowest BCUT2D eigenvalue weighted by atomic mass is 10.1. The molecule has 0 spiro atoms. The topological polar surface area (TPSA) is 76.8 Å². The largest absolute Gasteiger partial charge is 0.468 e. The number of pyridine rings is 1. The molecule has 8 nitrogen and oxygen atoms in total. The number of morpholine rings is 1. The fourth-order valence-corrected chi connectivity index (χ4v) is 3.06. The molecule has 0 bridgehead atoms. The van der Waals surface area contributed by atoms with Gasteiger partial charge in [0, 0.05) is 43.7 Å². The first-order chi connectivity index (χ1) is 14.4. The van der Waals surface area contributed by atoms with Crippen LogP contribution in [0.5, 0.6) is 5.88 Å². The van der Waals surface area contributed by atoms with E-state index >= 15 is 0 Å². The minimum absolute atomic E-state index is 0. The highest BCUT2D eigenvalue weighted by molar-refractivity contribution is 14.0. The zero-order valence-electron chi connectivity index (χ0n) is 17.3. The van der Waals surface area contributed by atoms with Crippen molar-refractivity contribution in [1.82, 2.24) is 25.0 Å². The maximum atomic E-state index is 12.5. The third-order valence-corrected chi connectivity index (χ3v) is 4.42. The highest BCUT2D eigenvalue weighted by Gasteiger charge is 2.29. The number of guanidine groups is 1. The van der Waals surface area contributed by atoms with Gasteiger partial charge < -0.3 is 19.7 Å². The first kappa shape index (κ1) is 25.2. The molecule has 1 N–H and O–H groups in total. The fraction of sp³-hybridized carbons (Fsp3) is 0.526. The molecule has 172 valence electrons. The minimum Gasteiger partial charge on any atom is -0.468 e. The van der Waals surface area contributed by atoms with Crippen LogP contribution in [0, 0.1) is 0 Å². The number of hydrogen-bond acceptors (Lipinski definition) is 5. The van der Waals surface area contributed by atoms with Gasteiger partial charge >= 0.3 is 6.18 Å². The Labute approximate surface area is 195 Å². The van der Waals surface area contributed by atoms with Gasteiger partial charge in [-0.15, -0.1) is 24.0 Å². The van der Waals surface area contributed by atoms with Crippen LogP contribution in [0.2, 0.25) is 0 Å². The molecule has 0 aromatic carbocycles. The molecule has 1 aliphatic heterocycles. The smallest absolute Gasteiger partial charge is 0.422 e. The minimum atomic E-state index is -4.43. The number of aryl methyl sites for hydroxylation is 1. The molecule has 1 saturated heterocycles. The van der Waals surface area contributed by atoms with Crippen LogP contribution in [0.15, 0.2) is 35.7 Å². The summed E-state index contributed by atoms with van der Waals surface area (Å²) in [5.74, 6) is 0.588. The third-order valence-electron chi connectivity index (χ3n) is 4.42. The summed E-state index contributed by atoms with van der Waals surface area (Å²) in [6.07, 6.45) is 0.517. The van der Waals surface area contributed by atoms with Gasteiger partial charge in [-0.1, -0.05) is 6.07 Å². The van der Waals surface area contributed by atoms with E-state index in [2.05, 4.69) is 25.3 Å². The molecule has 3 heterocycles. The van der Waals surface area contributed by atoms with Gasteiger partial charge in [0.05, 0.1) is 25.9 Å². The van der Waals surface area contributed by atoms with E-state index in [-0.39, 0.29) is 42.5 Å². The summed E-state index contributed by atoms with van der Waals surface area (Å²) in [4.78, 5) is 10.6. The molecule has 1 unspecified atom stereocenters. The highest BCUT2D eigenvalue weighted by atomic mass is 127. The summed E-state index contributed by atoms with van der Waals surface area (Å²) in [5, 5.41) is 7.42. The first-order valence-corrected chi connectivity index (χ1v) is 9.62. The van der Waals surface area contributed by atoms with E-state index in [0.717, 1.165) is 5.56 Å². The van der Waals surface area contributed by atoms with E-state index in [4.69, 9.17) is 9.47 Å². The molecule has 1 atom stereocenters. The number of ether oxygens (including phenoxy) is 2. The summed E-state index contributed by atoms with van der Waals surface area (Å²) in [6, 6.07) is 3.30. The summed E-state index contributed by atoms with van der Waals surface area (Å²) < 4.78 is 49.9. The van der Waals surface area contributed by atoms with Crippen LogP contribution in [0.1, 0.15) is 24.2 Å². The van der Waals surface area contributed by atoms with Gasteiger partial charge in [-0.05, 0) is 13.0 Å². The molecule has 12 heteroatoms. The van der Waals surface area contributed by atoms with Crippen molar-refractivity contribution < 1.29 is 22.6 Å². The summed E-state index contributed by atoms with van der Waals surface area (Å²) in [6.45, 7) is 3.11. The van der Waals surface area contributed by atoms with E-state index in [1.807, 2.05) is 20.2 Å². The number of aliphatic imine (C=N–C) groups is 1. The van der Waals surface area contributed by atoms with Gasteiger partial charge in [-0.25, -0.2) is 9.98 Å². The molecule has 0 amide bonds. The van der Waals surface area contributed by atoms with Crippen LogP contribution in [-0.2, 0) is 18.3 Å². The van der Waals surface area contributed by atoms with Gasteiger partial charge in [0.15, 0.2) is 12.6 Å². The standard InChI is InChI=1S/C19H25F3N6O2.HI/c1-3-23-18(28-7-8-29-16(12-28)15-10-26-27(2)11-15)25-9-14-5-4-6-24-17(14)30-13-19(20,21)22;/h4-6,10-11,16H,3,7-9,12-13H2,1-2H3,(H,23,25);1H. The SMILES string of the molecule is CCNC(=NCc1cccnc1OCC(F)(F)F)N1CCOC(c2cnn(C)c2)C1.I. The van der Waals surface area contributed by atoms with Gasteiger partial charge in [0.1, 0.15) is 6.10 Å². The Morgan fingerprint density at radius 1 is 1.42 bits per heavy atom. The Morgan fingerprint density at radius 3 is 2.90 bits per heavy atom. The maximum absolute atomic E-state index is 12.5. The van der Waals surface area contributed by atoms with Crippen LogP contribution < -0.4 is 10.1 Å². The van der Waals surface area contributed by atoms with E-state index in [0.29, 0.717) is 37.8 Å². The number of aromatic nitrogens is 3. The number of halogens is 4. The Hall–Kier alpha value is -2.09. The lowest BCUT2D eigenvalue weighted by molar-refractivity contribution is -0.154. The molecule has 31 heavy (non-hydrogen) atoms. The van der Waals surface area contributed by atoms with Gasteiger partial charge in [-0.3, -0.25) is 4.68 Å². The quantitative estimate of drug-likeness (QED) is 0.337. The highest BCUT2D eigenvalue weighted by Crippen LogP contribution is 2.23. The van der Waals surface area contributed by atoms with Crippen LogP contribution in [0.4, 0.5) is 13.2 Å². The number of nitrogens with one attached hydrogen (secondary N) is 1. The van der Waals surface area contributed by atoms with Crippen molar-refractivity contribution in [3.8, 4) is 5.88 Å². The molecule has 3 rings (SSSR count). The molecule has 0 saturated carbocycles. The number of rotatable bonds is 6. The lowest BCUT2D eigenvalue weighted by Crippen LogP contribution is -2.48. The first-order valence-electron chi connectivity index (χ1n) is 9.62. The van der Waals surface area contributed by atoms with E-state index in [1.54, 1.807) is 23.0 Å². The Kier molecular flexibility index (Phi) is 9.34. The van der Waals surface area contributed by atoms with Crippen molar-refractivity contribution in [1.29, 1.82) is 0 Å². The van der Waals surface area contributed by atoms with Crippen LogP contribution in [-0.4, -0.2) is 64.6 Å².